The van der Waals surface area contributed by atoms with E-state index in [0.717, 1.165) is 33.5 Å². The predicted molar refractivity (Wildman–Crippen MR) is 162 cm³/mol. The number of halogens is 1. The highest BCUT2D eigenvalue weighted by molar-refractivity contribution is 6.35. The van der Waals surface area contributed by atoms with Crippen molar-refractivity contribution in [1.82, 2.24) is 19.7 Å². The molecule has 1 aliphatic heterocycles. The number of aldehydes is 1. The summed E-state index contributed by atoms with van der Waals surface area (Å²) in [4.78, 5) is 30.3. The second kappa shape index (κ2) is 10.7. The van der Waals surface area contributed by atoms with E-state index >= 15 is 0 Å². The van der Waals surface area contributed by atoms with Gasteiger partial charge in [0.1, 0.15) is 23.5 Å². The van der Waals surface area contributed by atoms with E-state index in [1.165, 1.54) is 6.07 Å². The van der Waals surface area contributed by atoms with Crippen LogP contribution in [0.5, 0.6) is 0 Å². The van der Waals surface area contributed by atoms with Gasteiger partial charge in [-0.2, -0.15) is 10.4 Å². The molecule has 3 heterocycles. The second-order valence-corrected chi connectivity index (χ2v) is 11.9. The van der Waals surface area contributed by atoms with Crippen LogP contribution in [0.2, 0.25) is 5.02 Å². The zero-order chi connectivity index (χ0) is 30.5. The molecule has 0 radical (unpaired) electrons. The Morgan fingerprint density at radius 2 is 1.88 bits per heavy atom. The van der Waals surface area contributed by atoms with Gasteiger partial charge in [-0.05, 0) is 63.1 Å². The summed E-state index contributed by atoms with van der Waals surface area (Å²) in [5.41, 5.74) is 6.71. The van der Waals surface area contributed by atoms with Crippen LogP contribution in [0.4, 0.5) is 4.79 Å². The maximum atomic E-state index is 12.6. The first-order valence-electron chi connectivity index (χ1n) is 13.8. The molecule has 0 bridgehead atoms. The summed E-state index contributed by atoms with van der Waals surface area (Å²) in [5, 5.41) is 14.9. The standard InChI is InChI=1S/C33H28ClN5O4/c1-19-23(7-5-8-24(19)31-36-27-14-20(18-40)13-21(15-35)30(27)42-31)25-9-6-10-28(29(25)34)39-17-22-16-38(12-11-26(22)37-39)32(41)43-33(2,3)4/h5-10,13-14,17-18H,11-12,16H2,1-4H3. The molecule has 43 heavy (non-hydrogen) atoms. The molecule has 5 aromatic rings. The molecule has 1 aliphatic rings. The van der Waals surface area contributed by atoms with Gasteiger partial charge in [-0.15, -0.1) is 0 Å². The first-order valence-corrected chi connectivity index (χ1v) is 14.2. The van der Waals surface area contributed by atoms with Crippen molar-refractivity contribution in [3.8, 4) is 34.3 Å². The summed E-state index contributed by atoms with van der Waals surface area (Å²) in [6.07, 6.45) is 2.88. The summed E-state index contributed by atoms with van der Waals surface area (Å²) in [6, 6.07) is 16.7. The van der Waals surface area contributed by atoms with Crippen LogP contribution in [-0.2, 0) is 17.7 Å². The van der Waals surface area contributed by atoms with Gasteiger partial charge in [0.05, 0.1) is 28.5 Å². The molecule has 0 unspecified atom stereocenters. The summed E-state index contributed by atoms with van der Waals surface area (Å²) in [5.74, 6) is 0.343. The first-order chi connectivity index (χ1) is 20.6. The fraction of sp³-hybridized carbons (Fsp3) is 0.242. The number of rotatable bonds is 4. The highest BCUT2D eigenvalue weighted by atomic mass is 35.5. The van der Waals surface area contributed by atoms with E-state index in [1.807, 2.05) is 70.3 Å². The Morgan fingerprint density at radius 3 is 2.63 bits per heavy atom. The zero-order valence-electron chi connectivity index (χ0n) is 24.1. The number of fused-ring (bicyclic) bond motifs is 2. The van der Waals surface area contributed by atoms with Crippen molar-refractivity contribution >= 4 is 35.1 Å². The number of carbonyl (C=O) groups is 2. The number of amides is 1. The minimum atomic E-state index is -0.565. The van der Waals surface area contributed by atoms with Crippen molar-refractivity contribution in [3.63, 3.8) is 0 Å². The molecule has 0 fully saturated rings. The summed E-state index contributed by atoms with van der Waals surface area (Å²) < 4.78 is 13.4. The monoisotopic (exact) mass is 593 g/mol. The van der Waals surface area contributed by atoms with Crippen LogP contribution >= 0.6 is 11.6 Å². The highest BCUT2D eigenvalue weighted by Gasteiger charge is 2.28. The molecule has 3 aromatic carbocycles. The number of nitrogens with zero attached hydrogens (tertiary/aromatic N) is 5. The average molecular weight is 594 g/mol. The molecule has 1 amide bonds. The van der Waals surface area contributed by atoms with Gasteiger partial charge in [-0.3, -0.25) is 4.79 Å². The average Bonchev–Trinajstić information content (AvgIpc) is 3.60. The second-order valence-electron chi connectivity index (χ2n) is 11.5. The Balaban J connectivity index is 1.35. The smallest absolute Gasteiger partial charge is 0.410 e. The molecule has 0 spiro atoms. The lowest BCUT2D eigenvalue weighted by molar-refractivity contribution is 0.0223. The summed E-state index contributed by atoms with van der Waals surface area (Å²) >= 11 is 7.05. The maximum Gasteiger partial charge on any atom is 0.410 e. The lowest BCUT2D eigenvalue weighted by Crippen LogP contribution is -2.39. The van der Waals surface area contributed by atoms with Crippen LogP contribution in [0.15, 0.2) is 59.1 Å². The van der Waals surface area contributed by atoms with Crippen LogP contribution in [0.25, 0.3) is 39.4 Å². The summed E-state index contributed by atoms with van der Waals surface area (Å²) in [7, 11) is 0. The maximum absolute atomic E-state index is 12.6. The minimum absolute atomic E-state index is 0.249. The van der Waals surface area contributed by atoms with Crippen molar-refractivity contribution in [2.45, 2.75) is 46.3 Å². The van der Waals surface area contributed by atoms with E-state index in [9.17, 15) is 14.9 Å². The molecule has 216 valence electrons. The van der Waals surface area contributed by atoms with Gasteiger partial charge in [0.25, 0.3) is 0 Å². The van der Waals surface area contributed by atoms with Crippen molar-refractivity contribution in [2.75, 3.05) is 6.54 Å². The normalized spacial score (nSPS) is 13.1. The molecular weight excluding hydrogens is 566 g/mol. The van der Waals surface area contributed by atoms with E-state index < -0.39 is 5.60 Å². The topological polar surface area (TPSA) is 114 Å². The Kier molecular flexibility index (Phi) is 7.03. The SMILES string of the molecule is Cc1c(-c2nc3cc(C=O)cc(C#N)c3o2)cccc1-c1cccc(-n2cc3c(n2)CCN(C(=O)OC(C)(C)C)C3)c1Cl. The van der Waals surface area contributed by atoms with Crippen molar-refractivity contribution in [2.24, 2.45) is 0 Å². The number of hydrogen-bond donors (Lipinski definition) is 0. The molecule has 0 aliphatic carbocycles. The molecule has 0 saturated heterocycles. The first kappa shape index (κ1) is 28.2. The van der Waals surface area contributed by atoms with E-state index in [-0.39, 0.29) is 11.7 Å². The Hall–Kier alpha value is -4.94. The molecule has 0 N–H and O–H groups in total. The third kappa shape index (κ3) is 5.26. The Morgan fingerprint density at radius 1 is 1.14 bits per heavy atom. The van der Waals surface area contributed by atoms with Crippen molar-refractivity contribution in [3.05, 3.63) is 87.7 Å². The third-order valence-corrected chi connectivity index (χ3v) is 7.75. The molecule has 6 rings (SSSR count). The Labute approximate surface area is 253 Å². The molecule has 9 nitrogen and oxygen atoms in total. The molecule has 0 saturated carbocycles. The Bertz CT molecular complexity index is 1960. The lowest BCUT2D eigenvalue weighted by atomic mass is 9.96. The van der Waals surface area contributed by atoms with Gasteiger partial charge in [0, 0.05) is 41.4 Å². The minimum Gasteiger partial charge on any atom is -0.444 e. The van der Waals surface area contributed by atoms with Crippen LogP contribution < -0.4 is 0 Å². The number of carbonyl (C=O) groups excluding carboxylic acids is 2. The van der Waals surface area contributed by atoms with Gasteiger partial charge in [0.2, 0.25) is 5.89 Å². The van der Waals surface area contributed by atoms with Gasteiger partial charge in [-0.1, -0.05) is 35.9 Å². The summed E-state index contributed by atoms with van der Waals surface area (Å²) in [6.45, 7) is 8.46. The van der Waals surface area contributed by atoms with Crippen LogP contribution in [0, 0.1) is 18.3 Å². The van der Waals surface area contributed by atoms with Crippen LogP contribution in [0.3, 0.4) is 0 Å². The van der Waals surface area contributed by atoms with Crippen LogP contribution in [0.1, 0.15) is 53.5 Å². The molecule has 10 heteroatoms. The number of aromatic nitrogens is 3. The van der Waals surface area contributed by atoms with Crippen molar-refractivity contribution in [1.29, 1.82) is 5.26 Å². The molecular formula is C33H28ClN5O4. The highest BCUT2D eigenvalue weighted by Crippen LogP contribution is 2.39. The number of oxazole rings is 1. The van der Waals surface area contributed by atoms with E-state index in [0.29, 0.717) is 59.1 Å². The third-order valence-electron chi connectivity index (χ3n) is 7.36. The fourth-order valence-corrected chi connectivity index (χ4v) is 5.62. The van der Waals surface area contributed by atoms with Crippen LogP contribution in [-0.4, -0.2) is 44.2 Å². The molecule has 0 atom stereocenters. The zero-order valence-corrected chi connectivity index (χ0v) is 24.9. The van der Waals surface area contributed by atoms with Gasteiger partial charge in [0.15, 0.2) is 5.58 Å². The number of benzene rings is 3. The largest absolute Gasteiger partial charge is 0.444 e. The number of hydrogen-bond acceptors (Lipinski definition) is 7. The number of nitriles is 1. The predicted octanol–water partition coefficient (Wildman–Crippen LogP) is 7.29. The quantitative estimate of drug-likeness (QED) is 0.201. The van der Waals surface area contributed by atoms with E-state index in [1.54, 1.807) is 15.6 Å². The lowest BCUT2D eigenvalue weighted by Gasteiger charge is -2.29. The van der Waals surface area contributed by atoms with E-state index in [2.05, 4.69) is 11.1 Å². The van der Waals surface area contributed by atoms with Gasteiger partial charge >= 0.3 is 6.09 Å². The van der Waals surface area contributed by atoms with Crippen molar-refractivity contribution < 1.29 is 18.7 Å². The van der Waals surface area contributed by atoms with E-state index in [4.69, 9.17) is 25.9 Å². The van der Waals surface area contributed by atoms with Gasteiger partial charge < -0.3 is 14.1 Å². The molecule has 2 aromatic heterocycles. The fourth-order valence-electron chi connectivity index (χ4n) is 5.30. The number of ether oxygens (including phenoxy) is 1. The van der Waals surface area contributed by atoms with Gasteiger partial charge in [-0.25, -0.2) is 14.5 Å².